The normalized spacial score (nSPS) is 10.2. The predicted molar refractivity (Wildman–Crippen MR) is 82.0 cm³/mol. The smallest absolute Gasteiger partial charge is 0.342 e. The van der Waals surface area contributed by atoms with Crippen molar-refractivity contribution in [2.24, 2.45) is 0 Å². The van der Waals surface area contributed by atoms with Crippen LogP contribution in [0.3, 0.4) is 0 Å². The maximum Gasteiger partial charge on any atom is 0.342 e. The second-order valence-electron chi connectivity index (χ2n) is 3.89. The van der Waals surface area contributed by atoms with E-state index in [9.17, 15) is 14.9 Å². The summed E-state index contributed by atoms with van der Waals surface area (Å²) in [5, 5.41) is 20.1. The van der Waals surface area contributed by atoms with Crippen LogP contribution in [0.1, 0.15) is 10.4 Å². The Morgan fingerprint density at radius 1 is 1.19 bits per heavy atom. The lowest BCUT2D eigenvalue weighted by atomic mass is 10.1. The number of rotatable bonds is 4. The topological polar surface area (TPSA) is 89.7 Å². The largest absolute Gasteiger partial charge is 0.477 e. The van der Waals surface area contributed by atoms with Crippen molar-refractivity contribution in [3.63, 3.8) is 0 Å². The molecule has 0 atom stereocenters. The maximum absolute atomic E-state index is 11.1. The molecule has 0 aliphatic rings. The first-order chi connectivity index (χ1) is 9.90. The lowest BCUT2D eigenvalue weighted by Crippen LogP contribution is -2.04. The second kappa shape index (κ2) is 6.23. The van der Waals surface area contributed by atoms with E-state index in [1.807, 2.05) is 0 Å². The van der Waals surface area contributed by atoms with Crippen LogP contribution in [0.15, 0.2) is 45.3 Å². The van der Waals surface area contributed by atoms with Crippen LogP contribution in [0.4, 0.5) is 5.69 Å². The van der Waals surface area contributed by atoms with Gasteiger partial charge in [-0.2, -0.15) is 0 Å². The minimum atomic E-state index is -1.39. The fourth-order valence-electron chi connectivity index (χ4n) is 1.64. The van der Waals surface area contributed by atoms with E-state index in [2.05, 4.69) is 31.9 Å². The standard InChI is InChI=1S/C13H7Br2NO5/c14-7-4-5-10(9(15)6-7)21-11-3-1-2-8(13(17)18)12(11)16(19)20/h1-6H,(H,17,18). The Morgan fingerprint density at radius 3 is 2.48 bits per heavy atom. The first-order valence-electron chi connectivity index (χ1n) is 5.53. The summed E-state index contributed by atoms with van der Waals surface area (Å²) < 4.78 is 6.85. The van der Waals surface area contributed by atoms with Gasteiger partial charge in [0, 0.05) is 4.47 Å². The number of halogens is 2. The zero-order valence-corrected chi connectivity index (χ0v) is 13.4. The second-order valence-corrected chi connectivity index (χ2v) is 5.66. The number of nitro groups is 1. The van der Waals surface area contributed by atoms with E-state index < -0.39 is 22.1 Å². The molecule has 0 bridgehead atoms. The van der Waals surface area contributed by atoms with E-state index in [1.165, 1.54) is 12.1 Å². The van der Waals surface area contributed by atoms with Crippen LogP contribution in [0.2, 0.25) is 0 Å². The Kier molecular flexibility index (Phi) is 4.59. The molecule has 0 aliphatic heterocycles. The molecule has 0 radical (unpaired) electrons. The molecule has 0 unspecified atom stereocenters. The number of nitro benzene ring substituents is 1. The number of ether oxygens (including phenoxy) is 1. The van der Waals surface area contributed by atoms with E-state index in [-0.39, 0.29) is 5.75 Å². The maximum atomic E-state index is 11.1. The molecular weight excluding hydrogens is 410 g/mol. The van der Waals surface area contributed by atoms with E-state index in [4.69, 9.17) is 9.84 Å². The highest BCUT2D eigenvalue weighted by molar-refractivity contribution is 9.11. The highest BCUT2D eigenvalue weighted by Gasteiger charge is 2.26. The van der Waals surface area contributed by atoms with Crippen molar-refractivity contribution >= 4 is 43.5 Å². The molecule has 0 fully saturated rings. The molecule has 108 valence electrons. The van der Waals surface area contributed by atoms with E-state index in [0.717, 1.165) is 10.5 Å². The summed E-state index contributed by atoms with van der Waals surface area (Å²) in [6.07, 6.45) is 0. The van der Waals surface area contributed by atoms with E-state index >= 15 is 0 Å². The number of aromatic carboxylic acids is 1. The van der Waals surface area contributed by atoms with Crippen LogP contribution in [0, 0.1) is 10.1 Å². The molecule has 0 aliphatic carbocycles. The zero-order valence-electron chi connectivity index (χ0n) is 10.2. The van der Waals surface area contributed by atoms with Gasteiger partial charge in [0.2, 0.25) is 5.75 Å². The lowest BCUT2D eigenvalue weighted by molar-refractivity contribution is -0.386. The van der Waals surface area contributed by atoms with Crippen molar-refractivity contribution in [1.29, 1.82) is 0 Å². The van der Waals surface area contributed by atoms with Crippen LogP contribution in [-0.2, 0) is 0 Å². The van der Waals surface area contributed by atoms with Crippen LogP contribution in [0.25, 0.3) is 0 Å². The molecule has 0 heterocycles. The van der Waals surface area contributed by atoms with Crippen LogP contribution >= 0.6 is 31.9 Å². The number of hydrogen-bond acceptors (Lipinski definition) is 4. The van der Waals surface area contributed by atoms with Gasteiger partial charge in [0.1, 0.15) is 11.3 Å². The summed E-state index contributed by atoms with van der Waals surface area (Å²) in [6.45, 7) is 0. The third-order valence-corrected chi connectivity index (χ3v) is 3.64. The highest BCUT2D eigenvalue weighted by Crippen LogP contribution is 2.37. The number of nitrogens with zero attached hydrogens (tertiary/aromatic N) is 1. The Balaban J connectivity index is 2.51. The van der Waals surface area contributed by atoms with Gasteiger partial charge >= 0.3 is 11.7 Å². The van der Waals surface area contributed by atoms with Gasteiger partial charge in [-0.15, -0.1) is 0 Å². The Morgan fingerprint density at radius 2 is 1.90 bits per heavy atom. The van der Waals surface area contributed by atoms with Crippen molar-refractivity contribution < 1.29 is 19.6 Å². The first-order valence-corrected chi connectivity index (χ1v) is 7.12. The van der Waals surface area contributed by atoms with Crippen LogP contribution in [-0.4, -0.2) is 16.0 Å². The number of benzene rings is 2. The summed E-state index contributed by atoms with van der Waals surface area (Å²) in [5.41, 5.74) is -1.01. The fourth-order valence-corrected chi connectivity index (χ4v) is 2.77. The molecule has 2 rings (SSSR count). The summed E-state index contributed by atoms with van der Waals surface area (Å²) in [5.74, 6) is -1.19. The summed E-state index contributed by atoms with van der Waals surface area (Å²) in [6, 6.07) is 8.90. The predicted octanol–water partition coefficient (Wildman–Crippen LogP) is 4.61. The third kappa shape index (κ3) is 3.40. The van der Waals surface area contributed by atoms with Crippen molar-refractivity contribution in [2.75, 3.05) is 0 Å². The third-order valence-electron chi connectivity index (χ3n) is 2.53. The quantitative estimate of drug-likeness (QED) is 0.580. The molecular formula is C13H7Br2NO5. The van der Waals surface area contributed by atoms with Gasteiger partial charge in [0.25, 0.3) is 0 Å². The van der Waals surface area contributed by atoms with Crippen molar-refractivity contribution in [3.05, 3.63) is 61.0 Å². The Bertz CT molecular complexity index is 732. The summed E-state index contributed by atoms with van der Waals surface area (Å²) in [4.78, 5) is 21.4. The lowest BCUT2D eigenvalue weighted by Gasteiger charge is -2.09. The zero-order chi connectivity index (χ0) is 15.6. The Labute approximate surface area is 135 Å². The van der Waals surface area contributed by atoms with Crippen LogP contribution < -0.4 is 4.74 Å². The van der Waals surface area contributed by atoms with Gasteiger partial charge in [-0.3, -0.25) is 10.1 Å². The molecule has 6 nitrogen and oxygen atoms in total. The molecule has 0 aromatic heterocycles. The van der Waals surface area contributed by atoms with Crippen molar-refractivity contribution in [3.8, 4) is 11.5 Å². The molecule has 8 heteroatoms. The van der Waals surface area contributed by atoms with Gasteiger partial charge in [0.05, 0.1) is 9.40 Å². The molecule has 0 spiro atoms. The monoisotopic (exact) mass is 415 g/mol. The minimum Gasteiger partial charge on any atom is -0.477 e. The number of hydrogen-bond donors (Lipinski definition) is 1. The van der Waals surface area contributed by atoms with Crippen LogP contribution in [0.5, 0.6) is 11.5 Å². The van der Waals surface area contributed by atoms with E-state index in [1.54, 1.807) is 18.2 Å². The molecule has 0 saturated carbocycles. The average molecular weight is 417 g/mol. The van der Waals surface area contributed by atoms with Crippen molar-refractivity contribution in [1.82, 2.24) is 0 Å². The van der Waals surface area contributed by atoms with Gasteiger partial charge in [0.15, 0.2) is 0 Å². The van der Waals surface area contributed by atoms with Crippen molar-refractivity contribution in [2.45, 2.75) is 0 Å². The molecule has 2 aromatic carbocycles. The summed E-state index contributed by atoms with van der Waals surface area (Å²) >= 11 is 6.55. The van der Waals surface area contributed by atoms with Gasteiger partial charge in [-0.1, -0.05) is 22.0 Å². The Hall–Kier alpha value is -1.93. The fraction of sp³-hybridized carbons (Fsp3) is 0. The molecule has 2 aromatic rings. The number of carboxylic acids is 1. The van der Waals surface area contributed by atoms with Gasteiger partial charge in [-0.25, -0.2) is 4.79 Å². The highest BCUT2D eigenvalue weighted by atomic mass is 79.9. The first kappa shape index (κ1) is 15.5. The SMILES string of the molecule is O=C(O)c1cccc(Oc2ccc(Br)cc2Br)c1[N+](=O)[O-]. The molecule has 21 heavy (non-hydrogen) atoms. The minimum absolute atomic E-state index is 0.136. The number of carboxylic acid groups (broad SMARTS) is 1. The number of carbonyl (C=O) groups is 1. The summed E-state index contributed by atoms with van der Waals surface area (Å²) in [7, 11) is 0. The van der Waals surface area contributed by atoms with E-state index in [0.29, 0.717) is 10.2 Å². The number of para-hydroxylation sites is 1. The molecule has 0 amide bonds. The molecule has 1 N–H and O–H groups in total. The van der Waals surface area contributed by atoms with Gasteiger partial charge < -0.3 is 9.84 Å². The van der Waals surface area contributed by atoms with Gasteiger partial charge in [-0.05, 0) is 46.3 Å². The average Bonchev–Trinajstić information content (AvgIpc) is 2.41. The molecule has 0 saturated heterocycles.